The number of fused-ring (bicyclic) bond motifs is 1. The van der Waals surface area contributed by atoms with Gasteiger partial charge in [-0.25, -0.2) is 4.98 Å². The number of hydrogen-bond donors (Lipinski definition) is 3. The first-order chi connectivity index (χ1) is 18.0. The third-order valence-electron chi connectivity index (χ3n) is 7.15. The molecule has 2 aliphatic rings. The van der Waals surface area contributed by atoms with E-state index in [1.165, 1.54) is 24.8 Å². The number of methoxy groups -OCH3 is 1. The van der Waals surface area contributed by atoms with Gasteiger partial charge in [-0.3, -0.25) is 14.6 Å². The van der Waals surface area contributed by atoms with Crippen molar-refractivity contribution >= 4 is 22.8 Å². The molecule has 202 valence electrons. The van der Waals surface area contributed by atoms with Crippen molar-refractivity contribution in [2.45, 2.75) is 64.0 Å². The summed E-state index contributed by atoms with van der Waals surface area (Å²) in [4.78, 5) is 15.5. The molecular formula is C26H40N8O3. The van der Waals surface area contributed by atoms with E-state index in [0.29, 0.717) is 42.0 Å². The number of likely N-dealkylation sites (tertiary alicyclic amines) is 1. The largest absolute Gasteiger partial charge is 0.495 e. The first-order valence-corrected chi connectivity index (χ1v) is 13.2. The number of piperidine rings is 1. The molecule has 0 spiro atoms. The summed E-state index contributed by atoms with van der Waals surface area (Å²) in [5, 5.41) is 12.7. The maximum atomic E-state index is 8.29. The van der Waals surface area contributed by atoms with Gasteiger partial charge in [0.1, 0.15) is 22.5 Å². The summed E-state index contributed by atoms with van der Waals surface area (Å²) in [6.07, 6.45) is 10.5. The van der Waals surface area contributed by atoms with E-state index in [2.05, 4.69) is 33.0 Å². The van der Waals surface area contributed by atoms with Crippen LogP contribution < -0.4 is 16.2 Å². The van der Waals surface area contributed by atoms with Gasteiger partial charge in [0.2, 0.25) is 5.95 Å². The van der Waals surface area contributed by atoms with Gasteiger partial charge in [0.25, 0.3) is 0 Å². The van der Waals surface area contributed by atoms with E-state index in [0.717, 1.165) is 57.0 Å². The molecule has 5 N–H and O–H groups in total. The van der Waals surface area contributed by atoms with Crippen molar-refractivity contribution in [2.24, 2.45) is 0 Å². The van der Waals surface area contributed by atoms with Crippen LogP contribution >= 0.6 is 0 Å². The number of aliphatic hydroxyl groups excluding tert-OH is 1. The highest BCUT2D eigenvalue weighted by Gasteiger charge is 2.30. The topological polar surface area (TPSA) is 150 Å². The molecule has 0 radical (unpaired) electrons. The van der Waals surface area contributed by atoms with E-state index in [9.17, 15) is 0 Å². The second-order valence-corrected chi connectivity index (χ2v) is 9.71. The van der Waals surface area contributed by atoms with Crippen LogP contribution in [0.15, 0.2) is 18.5 Å². The fourth-order valence-corrected chi connectivity index (χ4v) is 4.88. The van der Waals surface area contributed by atoms with Gasteiger partial charge < -0.3 is 26.0 Å². The Balaban J connectivity index is 0.000000405. The maximum absolute atomic E-state index is 8.29. The lowest BCUT2D eigenvalue weighted by atomic mass is 9.89. The summed E-state index contributed by atoms with van der Waals surface area (Å²) in [5.41, 5.74) is 15.0. The molecule has 3 aromatic heterocycles. The predicted molar refractivity (Wildman–Crippen MR) is 143 cm³/mol. The highest BCUT2D eigenvalue weighted by Crippen LogP contribution is 2.32. The molecule has 0 aliphatic carbocycles. The molecule has 0 amide bonds. The Morgan fingerprint density at radius 3 is 2.54 bits per heavy atom. The molecule has 2 fully saturated rings. The van der Waals surface area contributed by atoms with Gasteiger partial charge in [-0.15, -0.1) is 0 Å². The van der Waals surface area contributed by atoms with Crippen molar-refractivity contribution < 1.29 is 14.6 Å². The number of unbranched alkanes of at least 4 members (excludes halogenated alkanes) is 3. The molecule has 11 nitrogen and oxygen atoms in total. The molecule has 5 heterocycles. The lowest BCUT2D eigenvalue weighted by Crippen LogP contribution is -2.51. The molecular weight excluding hydrogens is 472 g/mol. The normalized spacial score (nSPS) is 16.8. The molecule has 0 aromatic carbocycles. The van der Waals surface area contributed by atoms with E-state index in [4.69, 9.17) is 31.0 Å². The fourth-order valence-electron chi connectivity index (χ4n) is 4.88. The van der Waals surface area contributed by atoms with Gasteiger partial charge in [-0.2, -0.15) is 10.1 Å². The quantitative estimate of drug-likeness (QED) is 0.365. The molecule has 37 heavy (non-hydrogen) atoms. The van der Waals surface area contributed by atoms with E-state index in [1.807, 2.05) is 6.20 Å². The summed E-state index contributed by atoms with van der Waals surface area (Å²) in [6, 6.07) is 2.72. The molecule has 0 unspecified atom stereocenters. The maximum Gasteiger partial charge on any atom is 0.222 e. The Morgan fingerprint density at radius 1 is 1.11 bits per heavy atom. The Kier molecular flexibility index (Phi) is 9.48. The van der Waals surface area contributed by atoms with Crippen LogP contribution in [0, 0.1) is 0 Å². The van der Waals surface area contributed by atoms with Crippen LogP contribution in [0.4, 0.5) is 11.8 Å². The van der Waals surface area contributed by atoms with Crippen molar-refractivity contribution in [3.8, 4) is 5.75 Å². The number of aromatic nitrogens is 5. The number of hydrogen-bond acceptors (Lipinski definition) is 10. The average Bonchev–Trinajstić information content (AvgIpc) is 3.27. The zero-order chi connectivity index (χ0) is 26.2. The van der Waals surface area contributed by atoms with Crippen LogP contribution in [0.5, 0.6) is 5.75 Å². The van der Waals surface area contributed by atoms with E-state index < -0.39 is 0 Å². The number of nitrogen functional groups attached to an aromatic ring is 2. The Labute approximate surface area is 218 Å². The van der Waals surface area contributed by atoms with Crippen molar-refractivity contribution in [2.75, 3.05) is 51.5 Å². The zero-order valence-electron chi connectivity index (χ0n) is 22.0. The molecule has 3 aromatic rings. The average molecular weight is 513 g/mol. The lowest BCUT2D eigenvalue weighted by molar-refractivity contribution is -0.0712. The van der Waals surface area contributed by atoms with Crippen molar-refractivity contribution in [3.63, 3.8) is 0 Å². The predicted octanol–water partition coefficient (Wildman–Crippen LogP) is 2.58. The Hall–Kier alpha value is -3.02. The van der Waals surface area contributed by atoms with Crippen LogP contribution in [-0.4, -0.2) is 80.8 Å². The Morgan fingerprint density at radius 2 is 1.89 bits per heavy atom. The van der Waals surface area contributed by atoms with Crippen LogP contribution in [-0.2, 0) is 11.3 Å². The summed E-state index contributed by atoms with van der Waals surface area (Å²) in [7, 11) is 1.67. The van der Waals surface area contributed by atoms with E-state index in [1.54, 1.807) is 18.0 Å². The highest BCUT2D eigenvalue weighted by atomic mass is 16.5. The molecule has 2 aliphatic heterocycles. The number of anilines is 2. The minimum Gasteiger partial charge on any atom is -0.495 e. The van der Waals surface area contributed by atoms with Crippen LogP contribution in [0.3, 0.4) is 0 Å². The van der Waals surface area contributed by atoms with Gasteiger partial charge in [0.05, 0.1) is 39.1 Å². The second kappa shape index (κ2) is 13.0. The van der Waals surface area contributed by atoms with Crippen LogP contribution in [0.1, 0.15) is 62.6 Å². The molecule has 5 rings (SSSR count). The SMILES string of the molecule is CCCCCCO.COc1cc(C2CCN(C3COC3)CC2)cnc1Cn1ncc2nc(N)nc(N)c21. The van der Waals surface area contributed by atoms with Gasteiger partial charge in [0.15, 0.2) is 5.82 Å². The van der Waals surface area contributed by atoms with Gasteiger partial charge in [0, 0.05) is 12.8 Å². The Bertz CT molecular complexity index is 1140. The molecule has 2 saturated heterocycles. The number of rotatable bonds is 9. The smallest absolute Gasteiger partial charge is 0.222 e. The fraction of sp³-hybridized carbons (Fsp3) is 0.615. The highest BCUT2D eigenvalue weighted by molar-refractivity contribution is 5.85. The molecule has 0 atom stereocenters. The van der Waals surface area contributed by atoms with Gasteiger partial charge in [-0.1, -0.05) is 26.2 Å². The third-order valence-corrected chi connectivity index (χ3v) is 7.15. The van der Waals surface area contributed by atoms with Crippen molar-refractivity contribution in [1.29, 1.82) is 0 Å². The number of aliphatic hydroxyl groups is 1. The minimum atomic E-state index is 0.135. The standard InChI is InChI=1S/C20H26N8O2.C6H14O/c1-29-17-6-13(12-2-4-27(5-3-12)14-10-30-11-14)7-23-16(17)9-28-18-15(8-24-28)25-20(22)26-19(18)21;1-2-3-4-5-6-7/h6-8,12,14H,2-5,9-11H2,1H3,(H4,21,22,25,26);7H,2-6H2,1H3. The van der Waals surface area contributed by atoms with E-state index in [-0.39, 0.29) is 5.95 Å². The van der Waals surface area contributed by atoms with Gasteiger partial charge >= 0.3 is 0 Å². The van der Waals surface area contributed by atoms with Crippen LogP contribution in [0.2, 0.25) is 0 Å². The summed E-state index contributed by atoms with van der Waals surface area (Å²) in [5.74, 6) is 1.68. The summed E-state index contributed by atoms with van der Waals surface area (Å²) in [6.45, 7) is 6.88. The number of ether oxygens (including phenoxy) is 2. The summed E-state index contributed by atoms with van der Waals surface area (Å²) >= 11 is 0. The lowest BCUT2D eigenvalue weighted by Gasteiger charge is -2.41. The first kappa shape index (κ1) is 27.0. The van der Waals surface area contributed by atoms with Crippen LogP contribution in [0.25, 0.3) is 11.0 Å². The number of nitrogens with two attached hydrogens (primary N) is 2. The van der Waals surface area contributed by atoms with Gasteiger partial charge in [-0.05, 0) is 49.9 Å². The molecule has 0 saturated carbocycles. The van der Waals surface area contributed by atoms with Crippen molar-refractivity contribution in [3.05, 3.63) is 29.7 Å². The number of nitrogens with zero attached hydrogens (tertiary/aromatic N) is 6. The minimum absolute atomic E-state index is 0.135. The zero-order valence-corrected chi connectivity index (χ0v) is 22.0. The second-order valence-electron chi connectivity index (χ2n) is 9.71. The molecule has 11 heteroatoms. The van der Waals surface area contributed by atoms with Crippen molar-refractivity contribution in [1.82, 2.24) is 29.6 Å². The molecule has 0 bridgehead atoms. The summed E-state index contributed by atoms with van der Waals surface area (Å²) < 4.78 is 12.7. The third kappa shape index (κ3) is 6.65. The monoisotopic (exact) mass is 512 g/mol. The number of pyridine rings is 1. The van der Waals surface area contributed by atoms with E-state index >= 15 is 0 Å². The first-order valence-electron chi connectivity index (χ1n) is 13.2.